The lowest BCUT2D eigenvalue weighted by Crippen LogP contribution is -2.36. The topological polar surface area (TPSA) is 29.1 Å². The Morgan fingerprint density at radius 2 is 1.93 bits per heavy atom. The molecule has 15 heavy (non-hydrogen) atoms. The monoisotopic (exact) mass is 203 g/mol. The number of amides is 1. The number of carbonyl (C=O) groups is 1. The van der Waals surface area contributed by atoms with E-state index in [1.54, 1.807) is 18.2 Å². The van der Waals surface area contributed by atoms with Crippen molar-refractivity contribution in [3.63, 3.8) is 0 Å². The molecule has 1 unspecified atom stereocenters. The first kappa shape index (κ1) is 11.5. The molecule has 0 fully saturated rings. The Morgan fingerprint density at radius 3 is 2.40 bits per heavy atom. The van der Waals surface area contributed by atoms with Gasteiger partial charge in [0.05, 0.1) is 0 Å². The van der Waals surface area contributed by atoms with Gasteiger partial charge in [-0.05, 0) is 18.1 Å². The zero-order valence-corrected chi connectivity index (χ0v) is 9.23. The highest BCUT2D eigenvalue weighted by Crippen LogP contribution is 2.05. The minimum absolute atomic E-state index is 0.0257. The minimum atomic E-state index is -0.0470. The molecule has 0 saturated carbocycles. The molecule has 1 aromatic rings. The average Bonchev–Trinajstić information content (AvgIpc) is 2.26. The molecular formula is C13H17NO. The first-order valence-electron chi connectivity index (χ1n) is 5.13. The molecule has 80 valence electrons. The van der Waals surface area contributed by atoms with Crippen LogP contribution in [0, 0.1) is 5.92 Å². The van der Waals surface area contributed by atoms with Crippen molar-refractivity contribution >= 4 is 5.91 Å². The summed E-state index contributed by atoms with van der Waals surface area (Å²) in [4.78, 5) is 11.8. The van der Waals surface area contributed by atoms with Crippen LogP contribution in [0.25, 0.3) is 0 Å². The smallest absolute Gasteiger partial charge is 0.251 e. The van der Waals surface area contributed by atoms with Crippen molar-refractivity contribution in [1.29, 1.82) is 0 Å². The van der Waals surface area contributed by atoms with E-state index in [0.717, 1.165) is 0 Å². The first-order valence-corrected chi connectivity index (χ1v) is 5.13. The highest BCUT2D eigenvalue weighted by Gasteiger charge is 2.13. The Morgan fingerprint density at radius 1 is 1.33 bits per heavy atom. The van der Waals surface area contributed by atoms with Crippen LogP contribution in [-0.4, -0.2) is 11.9 Å². The molecule has 2 heteroatoms. The summed E-state index contributed by atoms with van der Waals surface area (Å²) in [5.74, 6) is 0.310. The lowest BCUT2D eigenvalue weighted by Gasteiger charge is -2.18. The van der Waals surface area contributed by atoms with E-state index in [-0.39, 0.29) is 11.9 Å². The maximum absolute atomic E-state index is 11.8. The van der Waals surface area contributed by atoms with Crippen LogP contribution in [0.3, 0.4) is 0 Å². The van der Waals surface area contributed by atoms with Gasteiger partial charge in [-0.15, -0.1) is 6.58 Å². The Kier molecular flexibility index (Phi) is 4.10. The molecule has 1 N–H and O–H groups in total. The number of hydrogen-bond acceptors (Lipinski definition) is 1. The Hall–Kier alpha value is -1.57. The van der Waals surface area contributed by atoms with Gasteiger partial charge in [-0.3, -0.25) is 4.79 Å². The van der Waals surface area contributed by atoms with Gasteiger partial charge in [-0.2, -0.15) is 0 Å². The van der Waals surface area contributed by atoms with E-state index in [4.69, 9.17) is 0 Å². The van der Waals surface area contributed by atoms with E-state index in [2.05, 4.69) is 25.7 Å². The van der Waals surface area contributed by atoms with Crippen LogP contribution in [0.1, 0.15) is 24.2 Å². The maximum atomic E-state index is 11.8. The lowest BCUT2D eigenvalue weighted by molar-refractivity contribution is 0.0936. The summed E-state index contributed by atoms with van der Waals surface area (Å²) in [7, 11) is 0. The highest BCUT2D eigenvalue weighted by atomic mass is 16.1. The van der Waals surface area contributed by atoms with Crippen molar-refractivity contribution in [3.8, 4) is 0 Å². The molecule has 0 bridgehead atoms. The van der Waals surface area contributed by atoms with Crippen molar-refractivity contribution in [2.45, 2.75) is 19.9 Å². The summed E-state index contributed by atoms with van der Waals surface area (Å²) >= 11 is 0. The molecule has 0 saturated heterocycles. The molecule has 1 rings (SSSR count). The average molecular weight is 203 g/mol. The van der Waals surface area contributed by atoms with E-state index < -0.39 is 0 Å². The number of hydrogen-bond donors (Lipinski definition) is 1. The fourth-order valence-electron chi connectivity index (χ4n) is 1.32. The van der Waals surface area contributed by atoms with Crippen LogP contribution in [0.4, 0.5) is 0 Å². The standard InChI is InChI=1S/C13H17NO/c1-4-12(10(2)3)14-13(15)11-8-6-5-7-9-11/h4-10,12H,1H2,2-3H3,(H,14,15). The zero-order valence-electron chi connectivity index (χ0n) is 9.23. The van der Waals surface area contributed by atoms with Crippen molar-refractivity contribution in [1.82, 2.24) is 5.32 Å². The quantitative estimate of drug-likeness (QED) is 0.749. The summed E-state index contributed by atoms with van der Waals surface area (Å²) in [6.07, 6.45) is 1.77. The predicted molar refractivity (Wildman–Crippen MR) is 62.7 cm³/mol. The summed E-state index contributed by atoms with van der Waals surface area (Å²) in [6, 6.07) is 9.23. The molecule has 0 aliphatic carbocycles. The first-order chi connectivity index (χ1) is 7.15. The van der Waals surface area contributed by atoms with Crippen LogP contribution < -0.4 is 5.32 Å². The minimum Gasteiger partial charge on any atom is -0.346 e. The maximum Gasteiger partial charge on any atom is 0.251 e. The summed E-state index contributed by atoms with van der Waals surface area (Å²) in [5.41, 5.74) is 0.685. The van der Waals surface area contributed by atoms with Gasteiger partial charge in [-0.1, -0.05) is 38.1 Å². The molecule has 1 amide bonds. The van der Waals surface area contributed by atoms with Gasteiger partial charge in [0.15, 0.2) is 0 Å². The molecular weight excluding hydrogens is 186 g/mol. The van der Waals surface area contributed by atoms with Gasteiger partial charge < -0.3 is 5.32 Å². The van der Waals surface area contributed by atoms with Gasteiger partial charge in [0.2, 0.25) is 0 Å². The lowest BCUT2D eigenvalue weighted by atomic mass is 10.0. The van der Waals surface area contributed by atoms with Crippen molar-refractivity contribution < 1.29 is 4.79 Å². The molecule has 2 nitrogen and oxygen atoms in total. The van der Waals surface area contributed by atoms with Crippen LogP contribution in [0.15, 0.2) is 43.0 Å². The van der Waals surface area contributed by atoms with E-state index in [1.165, 1.54) is 0 Å². The Bertz CT molecular complexity index is 330. The molecule has 0 heterocycles. The van der Waals surface area contributed by atoms with Crippen LogP contribution in [-0.2, 0) is 0 Å². The summed E-state index contributed by atoms with van der Waals surface area (Å²) in [6.45, 7) is 7.82. The molecule has 0 aliphatic rings. The molecule has 0 aromatic heterocycles. The predicted octanol–water partition coefficient (Wildman–Crippen LogP) is 2.63. The van der Waals surface area contributed by atoms with E-state index in [1.807, 2.05) is 18.2 Å². The van der Waals surface area contributed by atoms with Crippen molar-refractivity contribution in [2.24, 2.45) is 5.92 Å². The van der Waals surface area contributed by atoms with E-state index in [9.17, 15) is 4.79 Å². The van der Waals surface area contributed by atoms with Gasteiger partial charge in [0.25, 0.3) is 5.91 Å². The van der Waals surface area contributed by atoms with Gasteiger partial charge in [-0.25, -0.2) is 0 Å². The van der Waals surface area contributed by atoms with Gasteiger partial charge in [0, 0.05) is 11.6 Å². The Labute approximate surface area is 91.0 Å². The number of benzene rings is 1. The largest absolute Gasteiger partial charge is 0.346 e. The van der Waals surface area contributed by atoms with Gasteiger partial charge in [0.1, 0.15) is 0 Å². The Balaban J connectivity index is 2.67. The molecule has 0 aliphatic heterocycles. The number of carbonyl (C=O) groups excluding carboxylic acids is 1. The highest BCUT2D eigenvalue weighted by molar-refractivity contribution is 5.94. The summed E-state index contributed by atoms with van der Waals surface area (Å²) in [5, 5.41) is 2.93. The third-order valence-corrected chi connectivity index (χ3v) is 2.31. The second kappa shape index (κ2) is 5.35. The number of nitrogens with one attached hydrogen (secondary N) is 1. The second-order valence-corrected chi connectivity index (χ2v) is 3.84. The van der Waals surface area contributed by atoms with Crippen molar-refractivity contribution in [2.75, 3.05) is 0 Å². The molecule has 0 spiro atoms. The zero-order chi connectivity index (χ0) is 11.3. The summed E-state index contributed by atoms with van der Waals surface area (Å²) < 4.78 is 0. The number of rotatable bonds is 4. The molecule has 0 radical (unpaired) electrons. The molecule has 1 atom stereocenters. The van der Waals surface area contributed by atoms with Crippen LogP contribution in [0.5, 0.6) is 0 Å². The van der Waals surface area contributed by atoms with E-state index >= 15 is 0 Å². The SMILES string of the molecule is C=CC(NC(=O)c1ccccc1)C(C)C. The third-order valence-electron chi connectivity index (χ3n) is 2.31. The normalized spacial score (nSPS) is 12.2. The van der Waals surface area contributed by atoms with E-state index in [0.29, 0.717) is 11.5 Å². The van der Waals surface area contributed by atoms with Gasteiger partial charge >= 0.3 is 0 Å². The molecule has 1 aromatic carbocycles. The van der Waals surface area contributed by atoms with Crippen LogP contribution >= 0.6 is 0 Å². The fraction of sp³-hybridized carbons (Fsp3) is 0.308. The second-order valence-electron chi connectivity index (χ2n) is 3.84. The fourth-order valence-corrected chi connectivity index (χ4v) is 1.32. The third kappa shape index (κ3) is 3.24. The van der Waals surface area contributed by atoms with Crippen LogP contribution in [0.2, 0.25) is 0 Å². The van der Waals surface area contributed by atoms with Crippen molar-refractivity contribution in [3.05, 3.63) is 48.6 Å².